The Labute approximate surface area is 117 Å². The van der Waals surface area contributed by atoms with Crippen LogP contribution in [0.2, 0.25) is 0 Å². The SMILES string of the molecule is CC[C@@H](N)c1ccccc1N(C)CC1CCN(C)C1. The van der Waals surface area contributed by atoms with Gasteiger partial charge in [-0.15, -0.1) is 0 Å². The fourth-order valence-corrected chi connectivity index (χ4v) is 3.03. The molecule has 1 heterocycles. The fraction of sp³-hybridized carbons (Fsp3) is 0.625. The maximum atomic E-state index is 6.23. The number of hydrogen-bond acceptors (Lipinski definition) is 3. The van der Waals surface area contributed by atoms with Crippen LogP contribution >= 0.6 is 0 Å². The minimum atomic E-state index is 0.143. The molecule has 0 aromatic heterocycles. The normalized spacial score (nSPS) is 21.6. The van der Waals surface area contributed by atoms with Gasteiger partial charge < -0.3 is 15.5 Å². The minimum absolute atomic E-state index is 0.143. The first-order valence-corrected chi connectivity index (χ1v) is 7.36. The van der Waals surface area contributed by atoms with Gasteiger partial charge in [-0.2, -0.15) is 0 Å². The Morgan fingerprint density at radius 2 is 2.16 bits per heavy atom. The van der Waals surface area contributed by atoms with Gasteiger partial charge in [-0.05, 0) is 44.0 Å². The Hall–Kier alpha value is -1.06. The maximum absolute atomic E-state index is 6.23. The molecular weight excluding hydrogens is 234 g/mol. The molecule has 0 saturated carbocycles. The summed E-state index contributed by atoms with van der Waals surface area (Å²) >= 11 is 0. The zero-order valence-corrected chi connectivity index (χ0v) is 12.5. The third kappa shape index (κ3) is 3.48. The molecule has 1 saturated heterocycles. The number of likely N-dealkylation sites (tertiary alicyclic amines) is 1. The van der Waals surface area contributed by atoms with Crippen molar-refractivity contribution in [2.45, 2.75) is 25.8 Å². The van der Waals surface area contributed by atoms with E-state index in [1.165, 1.54) is 30.8 Å². The van der Waals surface area contributed by atoms with Gasteiger partial charge in [-0.25, -0.2) is 0 Å². The Bertz CT molecular complexity index is 405. The summed E-state index contributed by atoms with van der Waals surface area (Å²) in [7, 11) is 4.40. The van der Waals surface area contributed by atoms with E-state index in [0.717, 1.165) is 18.9 Å². The van der Waals surface area contributed by atoms with Crippen molar-refractivity contribution in [1.29, 1.82) is 0 Å². The lowest BCUT2D eigenvalue weighted by molar-refractivity contribution is 0.396. The molecule has 19 heavy (non-hydrogen) atoms. The zero-order chi connectivity index (χ0) is 13.8. The minimum Gasteiger partial charge on any atom is -0.374 e. The van der Waals surface area contributed by atoms with E-state index >= 15 is 0 Å². The molecule has 0 spiro atoms. The molecule has 1 fully saturated rings. The summed E-state index contributed by atoms with van der Waals surface area (Å²) in [6.45, 7) is 5.71. The summed E-state index contributed by atoms with van der Waals surface area (Å²) in [6, 6.07) is 8.71. The molecule has 2 N–H and O–H groups in total. The number of anilines is 1. The van der Waals surface area contributed by atoms with E-state index in [0.29, 0.717) is 0 Å². The van der Waals surface area contributed by atoms with Crippen LogP contribution in [0.5, 0.6) is 0 Å². The quantitative estimate of drug-likeness (QED) is 0.884. The Kier molecular flexibility index (Phi) is 4.83. The van der Waals surface area contributed by atoms with E-state index in [1.54, 1.807) is 0 Å². The Balaban J connectivity index is 2.08. The molecule has 0 amide bonds. The molecule has 0 aliphatic carbocycles. The predicted molar refractivity (Wildman–Crippen MR) is 82.5 cm³/mol. The van der Waals surface area contributed by atoms with Gasteiger partial charge in [0.15, 0.2) is 0 Å². The average molecular weight is 261 g/mol. The molecule has 0 bridgehead atoms. The van der Waals surface area contributed by atoms with Crippen LogP contribution in [0.15, 0.2) is 24.3 Å². The number of hydrogen-bond donors (Lipinski definition) is 1. The number of nitrogens with two attached hydrogens (primary N) is 1. The second-order valence-electron chi connectivity index (χ2n) is 5.87. The van der Waals surface area contributed by atoms with E-state index in [1.807, 2.05) is 0 Å². The van der Waals surface area contributed by atoms with E-state index in [2.05, 4.69) is 55.1 Å². The summed E-state index contributed by atoms with van der Waals surface area (Å²) in [4.78, 5) is 4.80. The van der Waals surface area contributed by atoms with Gasteiger partial charge >= 0.3 is 0 Å². The number of rotatable bonds is 5. The maximum Gasteiger partial charge on any atom is 0.0412 e. The molecule has 2 rings (SSSR count). The predicted octanol–water partition coefficient (Wildman–Crippen LogP) is 2.48. The van der Waals surface area contributed by atoms with Crippen molar-refractivity contribution < 1.29 is 0 Å². The standard InChI is InChI=1S/C16H27N3/c1-4-15(17)14-7-5-6-8-16(14)19(3)12-13-9-10-18(2)11-13/h5-8,13,15H,4,9-12,17H2,1-3H3/t13?,15-/m1/s1. The first kappa shape index (κ1) is 14.4. The zero-order valence-electron chi connectivity index (χ0n) is 12.5. The largest absolute Gasteiger partial charge is 0.374 e. The van der Waals surface area contributed by atoms with E-state index < -0.39 is 0 Å². The molecule has 3 heteroatoms. The molecule has 106 valence electrons. The molecular formula is C16H27N3. The van der Waals surface area contributed by atoms with Crippen molar-refractivity contribution in [3.63, 3.8) is 0 Å². The first-order chi connectivity index (χ1) is 9.11. The molecule has 0 radical (unpaired) electrons. The van der Waals surface area contributed by atoms with Crippen molar-refractivity contribution in [3.05, 3.63) is 29.8 Å². The molecule has 1 aromatic rings. The van der Waals surface area contributed by atoms with Crippen molar-refractivity contribution in [2.75, 3.05) is 38.6 Å². The van der Waals surface area contributed by atoms with Gasteiger partial charge in [0.05, 0.1) is 0 Å². The highest BCUT2D eigenvalue weighted by atomic mass is 15.2. The lowest BCUT2D eigenvalue weighted by Crippen LogP contribution is -2.28. The monoisotopic (exact) mass is 261 g/mol. The van der Waals surface area contributed by atoms with Gasteiger partial charge in [0.1, 0.15) is 0 Å². The van der Waals surface area contributed by atoms with E-state index in [9.17, 15) is 0 Å². The fourth-order valence-electron chi connectivity index (χ4n) is 3.03. The molecule has 1 aliphatic rings. The second-order valence-corrected chi connectivity index (χ2v) is 5.87. The van der Waals surface area contributed by atoms with Crippen molar-refractivity contribution in [1.82, 2.24) is 4.90 Å². The van der Waals surface area contributed by atoms with Gasteiger partial charge in [0.2, 0.25) is 0 Å². The van der Waals surface area contributed by atoms with Crippen LogP contribution in [0.3, 0.4) is 0 Å². The molecule has 1 aliphatic heterocycles. The first-order valence-electron chi connectivity index (χ1n) is 7.36. The molecule has 1 unspecified atom stereocenters. The van der Waals surface area contributed by atoms with Crippen LogP contribution in [0.25, 0.3) is 0 Å². The average Bonchev–Trinajstić information content (AvgIpc) is 2.83. The molecule has 3 nitrogen and oxygen atoms in total. The van der Waals surface area contributed by atoms with Crippen LogP contribution in [-0.4, -0.2) is 38.6 Å². The highest BCUT2D eigenvalue weighted by Gasteiger charge is 2.22. The smallest absolute Gasteiger partial charge is 0.0412 e. The van der Waals surface area contributed by atoms with Crippen molar-refractivity contribution in [2.24, 2.45) is 11.7 Å². The molecule has 1 aromatic carbocycles. The highest BCUT2D eigenvalue weighted by Crippen LogP contribution is 2.27. The summed E-state index contributed by atoms with van der Waals surface area (Å²) in [5.41, 5.74) is 8.80. The van der Waals surface area contributed by atoms with Gasteiger partial charge in [0, 0.05) is 31.9 Å². The second kappa shape index (κ2) is 6.40. The molecule has 2 atom stereocenters. The lowest BCUT2D eigenvalue weighted by Gasteiger charge is -2.27. The lowest BCUT2D eigenvalue weighted by atomic mass is 10.0. The van der Waals surface area contributed by atoms with Crippen LogP contribution in [0, 0.1) is 5.92 Å². The van der Waals surface area contributed by atoms with Crippen molar-refractivity contribution in [3.8, 4) is 0 Å². The van der Waals surface area contributed by atoms with Crippen LogP contribution in [0.1, 0.15) is 31.4 Å². The summed E-state index contributed by atoms with van der Waals surface area (Å²) < 4.78 is 0. The van der Waals surface area contributed by atoms with Crippen LogP contribution in [0.4, 0.5) is 5.69 Å². The summed E-state index contributed by atoms with van der Waals surface area (Å²) in [6.07, 6.45) is 2.29. The van der Waals surface area contributed by atoms with Crippen LogP contribution < -0.4 is 10.6 Å². The van der Waals surface area contributed by atoms with E-state index in [-0.39, 0.29) is 6.04 Å². The summed E-state index contributed by atoms with van der Waals surface area (Å²) in [5, 5.41) is 0. The third-order valence-corrected chi connectivity index (χ3v) is 4.21. The number of para-hydroxylation sites is 1. The number of benzene rings is 1. The van der Waals surface area contributed by atoms with Crippen molar-refractivity contribution >= 4 is 5.69 Å². The third-order valence-electron chi connectivity index (χ3n) is 4.21. The van der Waals surface area contributed by atoms with E-state index in [4.69, 9.17) is 5.73 Å². The number of nitrogens with zero attached hydrogens (tertiary/aromatic N) is 2. The van der Waals surface area contributed by atoms with Gasteiger partial charge in [-0.3, -0.25) is 0 Å². The Morgan fingerprint density at radius 1 is 1.42 bits per heavy atom. The van der Waals surface area contributed by atoms with Gasteiger partial charge in [0.25, 0.3) is 0 Å². The Morgan fingerprint density at radius 3 is 2.79 bits per heavy atom. The van der Waals surface area contributed by atoms with Gasteiger partial charge in [-0.1, -0.05) is 25.1 Å². The highest BCUT2D eigenvalue weighted by molar-refractivity contribution is 5.54. The summed E-state index contributed by atoms with van der Waals surface area (Å²) in [5.74, 6) is 0.779. The van der Waals surface area contributed by atoms with Crippen LogP contribution in [-0.2, 0) is 0 Å². The topological polar surface area (TPSA) is 32.5 Å².